The fourth-order valence-electron chi connectivity index (χ4n) is 1.64. The van der Waals surface area contributed by atoms with Crippen LogP contribution in [0.15, 0.2) is 46.7 Å². The molecule has 0 fully saturated rings. The normalized spacial score (nSPS) is 23.8. The molecular formula is C12H10S3. The van der Waals surface area contributed by atoms with Crippen LogP contribution in [0.25, 0.3) is 5.57 Å². The molecule has 1 atom stereocenters. The molecular weight excluding hydrogens is 240 g/mol. The third-order valence-electron chi connectivity index (χ3n) is 2.32. The van der Waals surface area contributed by atoms with Crippen molar-refractivity contribution in [3.63, 3.8) is 0 Å². The Balaban J connectivity index is 2.03. The van der Waals surface area contributed by atoms with E-state index in [9.17, 15) is 0 Å². The van der Waals surface area contributed by atoms with E-state index in [0.29, 0.717) is 8.55 Å². The topological polar surface area (TPSA) is 0 Å². The standard InChI is InChI=1S/C12H10S3/c1-9-7-12-11(8-13-15(12)14-9)10-5-3-2-4-6-10/h2-8H,1H3. The Morgan fingerprint density at radius 1 is 1.13 bits per heavy atom. The van der Waals surface area contributed by atoms with E-state index in [1.807, 2.05) is 21.6 Å². The van der Waals surface area contributed by atoms with Crippen LogP contribution in [0.2, 0.25) is 0 Å². The second kappa shape index (κ2) is 3.89. The molecule has 15 heavy (non-hydrogen) atoms. The van der Waals surface area contributed by atoms with Gasteiger partial charge in [0, 0.05) is 10.4 Å². The van der Waals surface area contributed by atoms with Crippen molar-refractivity contribution in [1.29, 1.82) is 0 Å². The van der Waals surface area contributed by atoms with Crippen molar-refractivity contribution in [2.45, 2.75) is 6.92 Å². The Morgan fingerprint density at radius 3 is 2.73 bits per heavy atom. The Morgan fingerprint density at radius 2 is 1.93 bits per heavy atom. The molecule has 3 rings (SSSR count). The summed E-state index contributed by atoms with van der Waals surface area (Å²) < 4.78 is 0. The lowest BCUT2D eigenvalue weighted by Crippen LogP contribution is -1.92. The van der Waals surface area contributed by atoms with Crippen molar-refractivity contribution in [3.8, 4) is 0 Å². The van der Waals surface area contributed by atoms with Gasteiger partial charge in [-0.15, -0.1) is 0 Å². The maximum Gasteiger partial charge on any atom is 0.0277 e. The van der Waals surface area contributed by atoms with Crippen LogP contribution in [0.4, 0.5) is 0 Å². The predicted molar refractivity (Wildman–Crippen MR) is 76.0 cm³/mol. The molecule has 0 amide bonds. The molecule has 0 saturated carbocycles. The Hall–Kier alpha value is -0.380. The average Bonchev–Trinajstić information content (AvgIpc) is 2.77. The summed E-state index contributed by atoms with van der Waals surface area (Å²) in [6, 6.07) is 10.7. The zero-order valence-corrected chi connectivity index (χ0v) is 10.7. The van der Waals surface area contributed by atoms with Gasteiger partial charge in [-0.1, -0.05) is 60.5 Å². The molecule has 2 aliphatic rings. The molecule has 0 spiro atoms. The van der Waals surface area contributed by atoms with Crippen LogP contribution >= 0.6 is 30.1 Å². The van der Waals surface area contributed by atoms with Gasteiger partial charge in [-0.2, -0.15) is 0 Å². The molecule has 1 aromatic rings. The lowest BCUT2D eigenvalue weighted by Gasteiger charge is -2.02. The van der Waals surface area contributed by atoms with Gasteiger partial charge in [0.1, 0.15) is 0 Å². The largest absolute Gasteiger partial charge is 0.0622 e. The minimum absolute atomic E-state index is 0.336. The minimum atomic E-state index is 0.336. The van der Waals surface area contributed by atoms with Crippen LogP contribution in [0.5, 0.6) is 0 Å². The molecule has 1 aromatic carbocycles. The van der Waals surface area contributed by atoms with E-state index in [0.717, 1.165) is 0 Å². The number of hydrogen-bond acceptors (Lipinski definition) is 2. The lowest BCUT2D eigenvalue weighted by molar-refractivity contribution is 1.64. The van der Waals surface area contributed by atoms with E-state index in [4.69, 9.17) is 0 Å². The SMILES string of the molecule is CC1=CC2=S(SC=C2c2ccccc2)S1. The zero-order chi connectivity index (χ0) is 10.3. The quantitative estimate of drug-likeness (QED) is 0.523. The molecule has 1 unspecified atom stereocenters. The van der Waals surface area contributed by atoms with Crippen molar-refractivity contribution < 1.29 is 0 Å². The smallest absolute Gasteiger partial charge is 0.0277 e. The van der Waals surface area contributed by atoms with Crippen LogP contribution in [-0.4, -0.2) is 4.86 Å². The van der Waals surface area contributed by atoms with Crippen LogP contribution in [0, 0.1) is 0 Å². The summed E-state index contributed by atoms with van der Waals surface area (Å²) in [5.74, 6) is 0. The first-order valence-corrected chi connectivity index (χ1v) is 8.71. The third kappa shape index (κ3) is 1.73. The van der Waals surface area contributed by atoms with E-state index in [2.05, 4.69) is 48.7 Å². The molecule has 0 bridgehead atoms. The molecule has 0 saturated heterocycles. The number of hydrogen-bond donors (Lipinski definition) is 0. The number of allylic oxidation sites excluding steroid dienone is 3. The van der Waals surface area contributed by atoms with Gasteiger partial charge in [0.2, 0.25) is 0 Å². The van der Waals surface area contributed by atoms with Crippen molar-refractivity contribution in [2.24, 2.45) is 0 Å². The second-order valence-electron chi connectivity index (χ2n) is 3.43. The second-order valence-corrected chi connectivity index (χ2v) is 9.29. The molecule has 3 heteroatoms. The zero-order valence-electron chi connectivity index (χ0n) is 8.27. The summed E-state index contributed by atoms with van der Waals surface area (Å²) in [7, 11) is 4.29. The molecule has 2 aliphatic heterocycles. The number of benzene rings is 1. The fraction of sp³-hybridized carbons (Fsp3) is 0.0833. The maximum atomic E-state index is 2.34. The molecule has 2 heterocycles. The molecule has 0 aromatic heterocycles. The van der Waals surface area contributed by atoms with Crippen molar-refractivity contribution in [2.75, 3.05) is 0 Å². The third-order valence-corrected chi connectivity index (χ3v) is 8.51. The Bertz CT molecular complexity index is 495. The van der Waals surface area contributed by atoms with E-state index in [1.54, 1.807) is 0 Å². The van der Waals surface area contributed by atoms with Gasteiger partial charge in [0.05, 0.1) is 0 Å². The summed E-state index contributed by atoms with van der Waals surface area (Å²) in [4.78, 5) is 2.97. The van der Waals surface area contributed by atoms with Crippen molar-refractivity contribution in [3.05, 3.63) is 52.3 Å². The van der Waals surface area contributed by atoms with E-state index in [-0.39, 0.29) is 0 Å². The molecule has 0 radical (unpaired) electrons. The van der Waals surface area contributed by atoms with Gasteiger partial charge in [-0.3, -0.25) is 0 Å². The van der Waals surface area contributed by atoms with E-state index in [1.165, 1.54) is 20.9 Å². The fourth-order valence-corrected chi connectivity index (χ4v) is 8.11. The Kier molecular flexibility index (Phi) is 2.54. The van der Waals surface area contributed by atoms with Gasteiger partial charge >= 0.3 is 0 Å². The van der Waals surface area contributed by atoms with Crippen LogP contribution < -0.4 is 0 Å². The molecule has 0 N–H and O–H groups in total. The highest BCUT2D eigenvalue weighted by Gasteiger charge is 2.22. The molecule has 0 nitrogen and oxygen atoms in total. The van der Waals surface area contributed by atoms with Gasteiger partial charge in [-0.25, -0.2) is 0 Å². The maximum absolute atomic E-state index is 2.34. The number of rotatable bonds is 1. The lowest BCUT2D eigenvalue weighted by atomic mass is 10.0. The highest BCUT2D eigenvalue weighted by Crippen LogP contribution is 2.59. The predicted octanol–water partition coefficient (Wildman–Crippen LogP) is 4.70. The van der Waals surface area contributed by atoms with Gasteiger partial charge in [0.25, 0.3) is 0 Å². The summed E-state index contributed by atoms with van der Waals surface area (Å²) in [6.45, 7) is 2.20. The summed E-state index contributed by atoms with van der Waals surface area (Å²) in [5.41, 5.74) is 2.77. The highest BCUT2D eigenvalue weighted by atomic mass is 33.5. The Labute approximate surface area is 99.6 Å². The van der Waals surface area contributed by atoms with Gasteiger partial charge in [0.15, 0.2) is 0 Å². The average molecular weight is 250 g/mol. The van der Waals surface area contributed by atoms with E-state index < -0.39 is 0 Å². The first kappa shape index (κ1) is 9.82. The molecule has 0 aliphatic carbocycles. The highest BCUT2D eigenvalue weighted by molar-refractivity contribution is 9.17. The molecule has 76 valence electrons. The summed E-state index contributed by atoms with van der Waals surface area (Å²) >= 11 is 0. The van der Waals surface area contributed by atoms with Crippen LogP contribution in [-0.2, 0) is 0 Å². The van der Waals surface area contributed by atoms with Crippen molar-refractivity contribution >= 4 is 40.6 Å². The minimum Gasteiger partial charge on any atom is -0.0622 e. The van der Waals surface area contributed by atoms with Crippen molar-refractivity contribution in [1.82, 2.24) is 0 Å². The first-order chi connectivity index (χ1) is 7.34. The first-order valence-electron chi connectivity index (χ1n) is 4.75. The van der Waals surface area contributed by atoms with Crippen LogP contribution in [0.1, 0.15) is 12.5 Å². The monoisotopic (exact) mass is 250 g/mol. The van der Waals surface area contributed by atoms with E-state index >= 15 is 0 Å². The summed E-state index contributed by atoms with van der Waals surface area (Å²) in [6.07, 6.45) is 2.34. The van der Waals surface area contributed by atoms with Gasteiger partial charge < -0.3 is 0 Å². The van der Waals surface area contributed by atoms with Crippen LogP contribution in [0.3, 0.4) is 0 Å². The summed E-state index contributed by atoms with van der Waals surface area (Å²) in [5, 5.41) is 2.31. The van der Waals surface area contributed by atoms with Gasteiger partial charge in [-0.05, 0) is 28.9 Å².